The van der Waals surface area contributed by atoms with Gasteiger partial charge in [-0.15, -0.1) is 0 Å². The summed E-state index contributed by atoms with van der Waals surface area (Å²) in [7, 11) is 0. The smallest absolute Gasteiger partial charge is 0.268 e. The van der Waals surface area contributed by atoms with Gasteiger partial charge in [-0.25, -0.2) is 4.39 Å². The summed E-state index contributed by atoms with van der Waals surface area (Å²) in [5, 5.41) is 34.7. The Bertz CT molecular complexity index is 1500. The quantitative estimate of drug-likeness (QED) is 0.204. The van der Waals surface area contributed by atoms with Gasteiger partial charge in [0.25, 0.3) is 5.91 Å². The first-order valence-electron chi connectivity index (χ1n) is 14.5. The molecule has 2 heterocycles. The van der Waals surface area contributed by atoms with Crippen molar-refractivity contribution in [2.24, 2.45) is 0 Å². The van der Waals surface area contributed by atoms with Crippen LogP contribution in [0.1, 0.15) is 61.0 Å². The van der Waals surface area contributed by atoms with E-state index in [0.29, 0.717) is 36.2 Å². The van der Waals surface area contributed by atoms with E-state index < -0.39 is 24.6 Å². The number of hydrogen-bond donors (Lipinski definition) is 3. The standard InChI is InChI=1S/C34H38FN3O5/c1-22(2)38-29(16-15-27(39)20-28(40)21-30(41)42)31(24-11-13-25(35)14-12-24)32(23-8-4-3-5-9-23)33(38)34(43)37-19-17-26-10-6-7-18-36-26/h3-14,18,22,27-28,39-40H,15-17,19-21H2,1-2H3,(H,37,43)(H,41,42)/p-1/t27-,28-/m1/s1. The van der Waals surface area contributed by atoms with Crippen molar-refractivity contribution in [3.8, 4) is 22.3 Å². The number of halogens is 1. The molecule has 0 unspecified atom stereocenters. The first-order valence-corrected chi connectivity index (χ1v) is 14.5. The lowest BCUT2D eigenvalue weighted by Gasteiger charge is -2.20. The third-order valence-corrected chi connectivity index (χ3v) is 7.29. The third-order valence-electron chi connectivity index (χ3n) is 7.29. The van der Waals surface area contributed by atoms with Crippen LogP contribution in [0.3, 0.4) is 0 Å². The number of amides is 1. The number of aliphatic hydroxyl groups excluding tert-OH is 2. The van der Waals surface area contributed by atoms with E-state index in [1.165, 1.54) is 12.1 Å². The maximum atomic E-state index is 14.0. The fourth-order valence-electron chi connectivity index (χ4n) is 5.43. The molecular weight excluding hydrogens is 549 g/mol. The van der Waals surface area contributed by atoms with Crippen LogP contribution >= 0.6 is 0 Å². The van der Waals surface area contributed by atoms with Gasteiger partial charge in [-0.2, -0.15) is 0 Å². The average Bonchev–Trinajstić information content (AvgIpc) is 3.32. The first-order chi connectivity index (χ1) is 20.7. The third kappa shape index (κ3) is 8.15. The Morgan fingerprint density at radius 1 is 0.907 bits per heavy atom. The molecule has 2 atom stereocenters. The summed E-state index contributed by atoms with van der Waals surface area (Å²) >= 11 is 0. The zero-order valence-corrected chi connectivity index (χ0v) is 24.4. The summed E-state index contributed by atoms with van der Waals surface area (Å²) in [6.07, 6.45) is -0.170. The number of rotatable bonds is 14. The highest BCUT2D eigenvalue weighted by atomic mass is 19.1. The summed E-state index contributed by atoms with van der Waals surface area (Å²) in [6, 6.07) is 21.1. The van der Waals surface area contributed by atoms with Crippen LogP contribution < -0.4 is 10.4 Å². The number of nitrogens with one attached hydrogen (secondary N) is 1. The highest BCUT2D eigenvalue weighted by molar-refractivity contribution is 6.05. The number of carboxylic acids is 1. The average molecular weight is 587 g/mol. The van der Waals surface area contributed by atoms with Crippen molar-refractivity contribution in [3.05, 3.63) is 102 Å². The van der Waals surface area contributed by atoms with Crippen molar-refractivity contribution in [1.82, 2.24) is 14.9 Å². The summed E-state index contributed by atoms with van der Waals surface area (Å²) < 4.78 is 16.0. The molecule has 3 N–H and O–H groups in total. The lowest BCUT2D eigenvalue weighted by molar-refractivity contribution is -0.307. The molecule has 226 valence electrons. The van der Waals surface area contributed by atoms with Crippen LogP contribution in [-0.2, 0) is 17.6 Å². The highest BCUT2D eigenvalue weighted by Gasteiger charge is 2.30. The zero-order chi connectivity index (χ0) is 30.9. The molecule has 43 heavy (non-hydrogen) atoms. The number of carbonyl (C=O) groups is 2. The van der Waals surface area contributed by atoms with Crippen LogP contribution in [0.15, 0.2) is 79.0 Å². The Labute approximate surface area is 250 Å². The fraction of sp³-hybridized carbons (Fsp3) is 0.324. The first kappa shape index (κ1) is 31.6. The van der Waals surface area contributed by atoms with Gasteiger partial charge in [-0.1, -0.05) is 48.5 Å². The zero-order valence-electron chi connectivity index (χ0n) is 24.4. The Morgan fingerprint density at radius 3 is 2.21 bits per heavy atom. The van der Waals surface area contributed by atoms with E-state index >= 15 is 0 Å². The van der Waals surface area contributed by atoms with E-state index in [9.17, 15) is 29.3 Å². The van der Waals surface area contributed by atoms with Crippen molar-refractivity contribution in [2.45, 2.75) is 64.2 Å². The van der Waals surface area contributed by atoms with Gasteiger partial charge >= 0.3 is 0 Å². The van der Waals surface area contributed by atoms with E-state index in [1.807, 2.05) is 66.9 Å². The Balaban J connectivity index is 1.81. The van der Waals surface area contributed by atoms with Gasteiger partial charge in [0.05, 0.1) is 12.2 Å². The van der Waals surface area contributed by atoms with E-state index in [1.54, 1.807) is 18.3 Å². The largest absolute Gasteiger partial charge is 0.550 e. The van der Waals surface area contributed by atoms with Gasteiger partial charge in [0, 0.05) is 60.1 Å². The molecule has 0 aliphatic rings. The maximum Gasteiger partial charge on any atom is 0.268 e. The minimum atomic E-state index is -1.39. The van der Waals surface area contributed by atoms with Crippen molar-refractivity contribution in [2.75, 3.05) is 6.54 Å². The lowest BCUT2D eigenvalue weighted by atomic mass is 9.92. The van der Waals surface area contributed by atoms with E-state index in [0.717, 1.165) is 22.5 Å². The lowest BCUT2D eigenvalue weighted by Crippen LogP contribution is -2.30. The van der Waals surface area contributed by atoms with Crippen molar-refractivity contribution >= 4 is 11.9 Å². The molecule has 9 heteroatoms. The Morgan fingerprint density at radius 2 is 1.58 bits per heavy atom. The molecule has 0 aliphatic carbocycles. The number of nitrogens with zero attached hydrogens (tertiary/aromatic N) is 2. The number of benzene rings is 2. The van der Waals surface area contributed by atoms with Gasteiger partial charge in [0.1, 0.15) is 11.5 Å². The second kappa shape index (κ2) is 14.7. The number of pyridine rings is 1. The van der Waals surface area contributed by atoms with Gasteiger partial charge < -0.3 is 30.0 Å². The normalized spacial score (nSPS) is 12.7. The second-order valence-electron chi connectivity index (χ2n) is 10.9. The Hall–Kier alpha value is -4.34. The molecular formula is C34H37FN3O5-. The predicted octanol–water partition coefficient (Wildman–Crippen LogP) is 4.09. The molecule has 0 bridgehead atoms. The molecule has 0 saturated carbocycles. The molecule has 0 radical (unpaired) electrons. The van der Waals surface area contributed by atoms with Gasteiger partial charge in [0.2, 0.25) is 0 Å². The molecule has 0 fully saturated rings. The number of hydrogen-bond acceptors (Lipinski definition) is 6. The maximum absolute atomic E-state index is 14.0. The number of carbonyl (C=O) groups excluding carboxylic acids is 2. The second-order valence-corrected chi connectivity index (χ2v) is 10.9. The number of aliphatic hydroxyl groups is 2. The van der Waals surface area contributed by atoms with Crippen molar-refractivity contribution in [3.63, 3.8) is 0 Å². The van der Waals surface area contributed by atoms with Crippen LogP contribution in [0.25, 0.3) is 22.3 Å². The monoisotopic (exact) mass is 586 g/mol. The SMILES string of the molecule is CC(C)n1c(CC[C@@H](O)C[C@@H](O)CC(=O)[O-])c(-c2ccc(F)cc2)c(-c2ccccc2)c1C(=O)NCCc1ccccn1. The van der Waals surface area contributed by atoms with Crippen molar-refractivity contribution < 1.29 is 29.3 Å². The molecule has 0 spiro atoms. The summed E-state index contributed by atoms with van der Waals surface area (Å²) in [5.41, 5.74) is 5.03. The topological polar surface area (TPSA) is 128 Å². The highest BCUT2D eigenvalue weighted by Crippen LogP contribution is 2.42. The molecule has 0 aliphatic heterocycles. The fourth-order valence-corrected chi connectivity index (χ4v) is 5.43. The molecule has 1 amide bonds. The van der Waals surface area contributed by atoms with E-state index in [4.69, 9.17) is 0 Å². The van der Waals surface area contributed by atoms with Crippen LogP contribution in [0, 0.1) is 5.82 Å². The molecule has 2 aromatic heterocycles. The molecule has 4 rings (SSSR count). The van der Waals surface area contributed by atoms with Crippen molar-refractivity contribution in [1.29, 1.82) is 0 Å². The molecule has 2 aromatic carbocycles. The molecule has 0 saturated heterocycles. The van der Waals surface area contributed by atoms with Gasteiger partial charge in [0.15, 0.2) is 0 Å². The number of aliphatic carboxylic acids is 1. The van der Waals surface area contributed by atoms with Crippen LogP contribution in [0.2, 0.25) is 0 Å². The Kier molecular flexibility index (Phi) is 10.8. The number of aromatic nitrogens is 2. The molecule has 4 aromatic rings. The minimum absolute atomic E-state index is 0.130. The molecule has 8 nitrogen and oxygen atoms in total. The van der Waals surface area contributed by atoms with E-state index in [-0.39, 0.29) is 30.6 Å². The summed E-state index contributed by atoms with van der Waals surface area (Å²) in [4.78, 5) is 29.3. The van der Waals surface area contributed by atoms with Crippen LogP contribution in [0.5, 0.6) is 0 Å². The van der Waals surface area contributed by atoms with Crippen LogP contribution in [-0.4, -0.2) is 50.4 Å². The minimum Gasteiger partial charge on any atom is -0.550 e. The summed E-state index contributed by atoms with van der Waals surface area (Å²) in [5.74, 6) is -2.05. The number of carboxylic acid groups (broad SMARTS) is 1. The predicted molar refractivity (Wildman–Crippen MR) is 160 cm³/mol. The van der Waals surface area contributed by atoms with Crippen LogP contribution in [0.4, 0.5) is 4.39 Å². The van der Waals surface area contributed by atoms with Gasteiger partial charge in [-0.05, 0) is 68.5 Å². The van der Waals surface area contributed by atoms with Gasteiger partial charge in [-0.3, -0.25) is 9.78 Å². The van der Waals surface area contributed by atoms with E-state index in [2.05, 4.69) is 10.3 Å². The summed E-state index contributed by atoms with van der Waals surface area (Å²) in [6.45, 7) is 4.30.